The van der Waals surface area contributed by atoms with Gasteiger partial charge in [0, 0.05) is 12.6 Å². The monoisotopic (exact) mass is 278 g/mol. The molecule has 80 valence electrons. The average molecular weight is 279 g/mol. The number of hydrogen-bond acceptors (Lipinski definition) is 4. The van der Waals surface area contributed by atoms with E-state index in [9.17, 15) is 0 Å². The van der Waals surface area contributed by atoms with Crippen LogP contribution in [-0.4, -0.2) is 20.1 Å². The van der Waals surface area contributed by atoms with Crippen LogP contribution in [0.2, 0.25) is 0 Å². The number of rotatable bonds is 1. The molecule has 0 amide bonds. The first kappa shape index (κ1) is 9.53. The van der Waals surface area contributed by atoms with Gasteiger partial charge in [-0.25, -0.2) is 4.63 Å². The van der Waals surface area contributed by atoms with Crippen molar-refractivity contribution in [1.82, 2.24) is 20.1 Å². The van der Waals surface area contributed by atoms with Crippen LogP contribution in [0.4, 0.5) is 0 Å². The van der Waals surface area contributed by atoms with E-state index in [1.54, 1.807) is 10.9 Å². The van der Waals surface area contributed by atoms with Crippen molar-refractivity contribution in [2.75, 3.05) is 0 Å². The molecule has 0 aliphatic heterocycles. The Labute approximate surface area is 99.1 Å². The molecule has 0 radical (unpaired) electrons. The van der Waals surface area contributed by atoms with Crippen LogP contribution in [0.3, 0.4) is 0 Å². The number of aryl methyl sites for hydroxylation is 1. The van der Waals surface area contributed by atoms with Crippen LogP contribution >= 0.6 is 15.9 Å². The van der Waals surface area contributed by atoms with E-state index in [2.05, 4.69) is 36.0 Å². The van der Waals surface area contributed by atoms with Crippen molar-refractivity contribution in [3.8, 4) is 11.3 Å². The van der Waals surface area contributed by atoms with Gasteiger partial charge in [0.2, 0.25) is 0 Å². The van der Waals surface area contributed by atoms with Crippen molar-refractivity contribution in [1.29, 1.82) is 0 Å². The Kier molecular flexibility index (Phi) is 2.03. The first-order chi connectivity index (χ1) is 7.75. The fourth-order valence-corrected chi connectivity index (χ4v) is 2.24. The lowest BCUT2D eigenvalue weighted by Crippen LogP contribution is -1.93. The molecule has 1 aromatic carbocycles. The molecule has 0 spiro atoms. The van der Waals surface area contributed by atoms with Crippen LogP contribution in [0.1, 0.15) is 0 Å². The van der Waals surface area contributed by atoms with Crippen molar-refractivity contribution in [2.24, 2.45) is 7.05 Å². The number of nitrogens with zero attached hydrogens (tertiary/aromatic N) is 4. The highest BCUT2D eigenvalue weighted by Gasteiger charge is 2.10. The molecule has 0 aliphatic carbocycles. The second kappa shape index (κ2) is 3.41. The number of benzene rings is 1. The molecule has 3 aromatic rings. The highest BCUT2D eigenvalue weighted by molar-refractivity contribution is 9.10. The molecule has 0 bridgehead atoms. The van der Waals surface area contributed by atoms with Crippen LogP contribution in [0, 0.1) is 0 Å². The second-order valence-electron chi connectivity index (χ2n) is 3.43. The van der Waals surface area contributed by atoms with Crippen molar-refractivity contribution < 1.29 is 4.63 Å². The summed E-state index contributed by atoms with van der Waals surface area (Å²) in [5.41, 5.74) is 3.52. The van der Waals surface area contributed by atoms with E-state index in [1.807, 2.05) is 25.2 Å². The number of halogens is 1. The van der Waals surface area contributed by atoms with Crippen molar-refractivity contribution in [2.45, 2.75) is 0 Å². The van der Waals surface area contributed by atoms with Crippen LogP contribution < -0.4 is 0 Å². The van der Waals surface area contributed by atoms with Gasteiger partial charge in [0.25, 0.3) is 0 Å². The van der Waals surface area contributed by atoms with Crippen LogP contribution in [0.25, 0.3) is 22.3 Å². The van der Waals surface area contributed by atoms with Crippen molar-refractivity contribution >= 4 is 27.0 Å². The SMILES string of the molecule is Cn1ncc(Br)c1-c1ccc2nonc2c1. The minimum absolute atomic E-state index is 0.741. The lowest BCUT2D eigenvalue weighted by Gasteiger charge is -2.02. The van der Waals surface area contributed by atoms with Gasteiger partial charge >= 0.3 is 0 Å². The third kappa shape index (κ3) is 1.34. The zero-order chi connectivity index (χ0) is 11.1. The lowest BCUT2D eigenvalue weighted by atomic mass is 10.1. The molecule has 5 nitrogen and oxygen atoms in total. The zero-order valence-corrected chi connectivity index (χ0v) is 9.97. The van der Waals surface area contributed by atoms with Crippen molar-refractivity contribution in [3.63, 3.8) is 0 Å². The van der Waals surface area contributed by atoms with E-state index < -0.39 is 0 Å². The Morgan fingerprint density at radius 2 is 2.06 bits per heavy atom. The number of aromatic nitrogens is 4. The van der Waals surface area contributed by atoms with E-state index >= 15 is 0 Å². The predicted molar refractivity (Wildman–Crippen MR) is 61.7 cm³/mol. The fraction of sp³-hybridized carbons (Fsp3) is 0.100. The highest BCUT2D eigenvalue weighted by atomic mass is 79.9. The van der Waals surface area contributed by atoms with Crippen LogP contribution in [0.15, 0.2) is 33.5 Å². The van der Waals surface area contributed by atoms with Gasteiger partial charge in [0.1, 0.15) is 11.0 Å². The Hall–Kier alpha value is -1.69. The third-order valence-corrected chi connectivity index (χ3v) is 3.00. The summed E-state index contributed by atoms with van der Waals surface area (Å²) in [7, 11) is 1.89. The van der Waals surface area contributed by atoms with E-state index in [-0.39, 0.29) is 0 Å². The smallest absolute Gasteiger partial charge is 0.135 e. The summed E-state index contributed by atoms with van der Waals surface area (Å²) in [6.07, 6.45) is 1.76. The average Bonchev–Trinajstić information content (AvgIpc) is 2.85. The third-order valence-electron chi connectivity index (χ3n) is 2.42. The van der Waals surface area contributed by atoms with Gasteiger partial charge in [0.15, 0.2) is 0 Å². The summed E-state index contributed by atoms with van der Waals surface area (Å²) in [5.74, 6) is 0. The van der Waals surface area contributed by atoms with E-state index in [0.29, 0.717) is 0 Å². The van der Waals surface area contributed by atoms with Gasteiger partial charge in [-0.3, -0.25) is 4.68 Å². The molecule has 0 aliphatic rings. The molecule has 0 atom stereocenters. The van der Waals surface area contributed by atoms with E-state index in [0.717, 1.165) is 26.8 Å². The Morgan fingerprint density at radius 1 is 1.25 bits per heavy atom. The topological polar surface area (TPSA) is 56.7 Å². The summed E-state index contributed by atoms with van der Waals surface area (Å²) in [4.78, 5) is 0. The summed E-state index contributed by atoms with van der Waals surface area (Å²) < 4.78 is 7.42. The molecule has 0 N–H and O–H groups in total. The fourth-order valence-electron chi connectivity index (χ4n) is 1.66. The summed E-state index contributed by atoms with van der Waals surface area (Å²) in [6, 6.07) is 5.77. The zero-order valence-electron chi connectivity index (χ0n) is 8.38. The van der Waals surface area contributed by atoms with E-state index in [4.69, 9.17) is 0 Å². The molecule has 0 unspecified atom stereocenters. The van der Waals surface area contributed by atoms with E-state index in [1.165, 1.54) is 0 Å². The standard InChI is InChI=1S/C10H7BrN4O/c1-15-10(7(11)5-12-15)6-2-3-8-9(4-6)14-16-13-8/h2-5H,1H3. The maximum absolute atomic E-state index is 4.66. The second-order valence-corrected chi connectivity index (χ2v) is 4.29. The summed E-state index contributed by atoms with van der Waals surface area (Å²) >= 11 is 3.47. The number of hydrogen-bond donors (Lipinski definition) is 0. The van der Waals surface area contributed by atoms with Gasteiger partial charge in [0.05, 0.1) is 16.4 Å². The Morgan fingerprint density at radius 3 is 2.81 bits per heavy atom. The minimum atomic E-state index is 0.741. The molecule has 0 saturated carbocycles. The minimum Gasteiger partial charge on any atom is -0.267 e. The lowest BCUT2D eigenvalue weighted by molar-refractivity contribution is 0.315. The predicted octanol–water partition coefficient (Wildman–Crippen LogP) is 2.39. The first-order valence-corrected chi connectivity index (χ1v) is 5.45. The summed E-state index contributed by atoms with van der Waals surface area (Å²) in [6.45, 7) is 0. The van der Waals surface area contributed by atoms with Gasteiger partial charge in [-0.15, -0.1) is 0 Å². The molecule has 6 heteroatoms. The van der Waals surface area contributed by atoms with Gasteiger partial charge in [-0.1, -0.05) is 6.07 Å². The summed E-state index contributed by atoms with van der Waals surface area (Å²) in [5, 5.41) is 11.8. The molecule has 0 saturated heterocycles. The molecule has 3 rings (SSSR count). The van der Waals surface area contributed by atoms with Gasteiger partial charge in [-0.05, 0) is 38.4 Å². The molecular formula is C10H7BrN4O. The quantitative estimate of drug-likeness (QED) is 0.686. The van der Waals surface area contributed by atoms with Crippen molar-refractivity contribution in [3.05, 3.63) is 28.9 Å². The maximum atomic E-state index is 4.66. The van der Waals surface area contributed by atoms with Gasteiger partial charge in [-0.2, -0.15) is 5.10 Å². The molecule has 16 heavy (non-hydrogen) atoms. The van der Waals surface area contributed by atoms with Crippen LogP contribution in [-0.2, 0) is 7.05 Å². The largest absolute Gasteiger partial charge is 0.267 e. The number of fused-ring (bicyclic) bond motifs is 1. The molecular weight excluding hydrogens is 272 g/mol. The Bertz CT molecular complexity index is 638. The normalized spacial score (nSPS) is 11.1. The van der Waals surface area contributed by atoms with Crippen LogP contribution in [0.5, 0.6) is 0 Å². The molecule has 2 heterocycles. The highest BCUT2D eigenvalue weighted by Crippen LogP contribution is 2.28. The molecule has 0 fully saturated rings. The van der Waals surface area contributed by atoms with Gasteiger partial charge < -0.3 is 0 Å². The first-order valence-electron chi connectivity index (χ1n) is 4.66. The Balaban J connectivity index is 2.25. The maximum Gasteiger partial charge on any atom is 0.135 e. The molecule has 2 aromatic heterocycles.